The van der Waals surface area contributed by atoms with Gasteiger partial charge in [-0.15, -0.1) is 0 Å². The maximum absolute atomic E-state index is 11.0. The van der Waals surface area contributed by atoms with Crippen LogP contribution in [0.1, 0.15) is 12.5 Å². The Morgan fingerprint density at radius 2 is 2.44 bits per heavy atom. The Balaban J connectivity index is 2.77. The molecule has 16 heavy (non-hydrogen) atoms. The molecule has 0 bridgehead atoms. The van der Waals surface area contributed by atoms with Gasteiger partial charge in [0.05, 0.1) is 6.61 Å². The second-order valence-corrected chi connectivity index (χ2v) is 2.87. The van der Waals surface area contributed by atoms with Crippen LogP contribution in [0.2, 0.25) is 0 Å². The minimum atomic E-state index is -0.392. The molecular weight excluding hydrogens is 206 g/mol. The average Bonchev–Trinajstić information content (AvgIpc) is 2.28. The summed E-state index contributed by atoms with van der Waals surface area (Å²) in [7, 11) is 0. The van der Waals surface area contributed by atoms with E-state index in [1.54, 1.807) is 37.3 Å². The van der Waals surface area contributed by atoms with Gasteiger partial charge in [-0.2, -0.15) is 0 Å². The van der Waals surface area contributed by atoms with Gasteiger partial charge in [-0.3, -0.25) is 0 Å². The molecule has 0 amide bonds. The van der Waals surface area contributed by atoms with Crippen molar-refractivity contribution in [2.45, 2.75) is 6.92 Å². The van der Waals surface area contributed by atoms with E-state index >= 15 is 0 Å². The molecule has 0 radical (unpaired) electrons. The molecule has 0 saturated carbocycles. The zero-order valence-corrected chi connectivity index (χ0v) is 8.83. The van der Waals surface area contributed by atoms with Gasteiger partial charge in [-0.1, -0.05) is 23.3 Å². The van der Waals surface area contributed by atoms with Gasteiger partial charge in [-0.05, 0) is 30.2 Å². The molecule has 0 heterocycles. The van der Waals surface area contributed by atoms with Crippen LogP contribution in [0.25, 0.3) is 16.5 Å². The summed E-state index contributed by atoms with van der Waals surface area (Å²) in [6.07, 6.45) is 2.94. The first-order chi connectivity index (χ1) is 7.76. The van der Waals surface area contributed by atoms with Crippen molar-refractivity contribution in [3.8, 4) is 0 Å². The fourth-order valence-corrected chi connectivity index (χ4v) is 1.10. The zero-order valence-electron chi connectivity index (χ0n) is 8.83. The highest BCUT2D eigenvalue weighted by atomic mass is 16.5. The molecule has 1 aromatic rings. The molecule has 0 aliphatic heterocycles. The predicted molar refractivity (Wildman–Crippen MR) is 60.9 cm³/mol. The van der Waals surface area contributed by atoms with Crippen LogP contribution in [-0.4, -0.2) is 12.6 Å². The van der Waals surface area contributed by atoms with Crippen LogP contribution in [0.5, 0.6) is 0 Å². The van der Waals surface area contributed by atoms with E-state index in [0.29, 0.717) is 12.3 Å². The van der Waals surface area contributed by atoms with E-state index < -0.39 is 5.97 Å². The summed E-state index contributed by atoms with van der Waals surface area (Å²) in [5.74, 6) is -0.392. The monoisotopic (exact) mass is 217 g/mol. The van der Waals surface area contributed by atoms with E-state index in [1.165, 1.54) is 6.08 Å². The lowest BCUT2D eigenvalue weighted by Gasteiger charge is -1.96. The molecule has 0 saturated heterocycles. The molecule has 0 aliphatic rings. The van der Waals surface area contributed by atoms with E-state index in [-0.39, 0.29) is 0 Å². The minimum Gasteiger partial charge on any atom is -0.463 e. The first-order valence-electron chi connectivity index (χ1n) is 4.76. The van der Waals surface area contributed by atoms with Crippen molar-refractivity contribution in [2.75, 3.05) is 6.61 Å². The Hall–Kier alpha value is -2.26. The Morgan fingerprint density at radius 3 is 3.12 bits per heavy atom. The highest BCUT2D eigenvalue weighted by molar-refractivity contribution is 5.87. The molecule has 1 rings (SSSR count). The van der Waals surface area contributed by atoms with Crippen LogP contribution >= 0.6 is 0 Å². The predicted octanol–water partition coefficient (Wildman–Crippen LogP) is 3.20. The molecule has 0 N–H and O–H groups in total. The van der Waals surface area contributed by atoms with Crippen LogP contribution in [0.4, 0.5) is 5.69 Å². The van der Waals surface area contributed by atoms with E-state index in [2.05, 4.69) is 10.0 Å². The van der Waals surface area contributed by atoms with Gasteiger partial charge in [0.15, 0.2) is 0 Å². The molecule has 0 fully saturated rings. The lowest BCUT2D eigenvalue weighted by molar-refractivity contribution is -0.137. The summed E-state index contributed by atoms with van der Waals surface area (Å²) in [5, 5.41) is 3.46. The molecular formula is C11H11N3O2. The molecule has 0 spiro atoms. The SMILES string of the molecule is CCOC(=O)/C=C/c1cccc(N=[N+]=[N-])c1. The molecule has 0 unspecified atom stereocenters. The number of carbonyl (C=O) groups is 1. The third-order valence-electron chi connectivity index (χ3n) is 1.73. The largest absolute Gasteiger partial charge is 0.463 e. The van der Waals surface area contributed by atoms with E-state index in [9.17, 15) is 4.79 Å². The lowest BCUT2D eigenvalue weighted by atomic mass is 10.2. The van der Waals surface area contributed by atoms with Crippen LogP contribution in [0.3, 0.4) is 0 Å². The second kappa shape index (κ2) is 6.27. The van der Waals surface area contributed by atoms with Crippen LogP contribution < -0.4 is 0 Å². The van der Waals surface area contributed by atoms with Crippen molar-refractivity contribution in [3.05, 3.63) is 46.3 Å². The zero-order chi connectivity index (χ0) is 11.8. The Bertz CT molecular complexity index is 448. The van der Waals surface area contributed by atoms with Crippen LogP contribution in [0, 0.1) is 0 Å². The second-order valence-electron chi connectivity index (χ2n) is 2.87. The van der Waals surface area contributed by atoms with Crippen molar-refractivity contribution in [3.63, 3.8) is 0 Å². The lowest BCUT2D eigenvalue weighted by Crippen LogP contribution is -1.98. The highest BCUT2D eigenvalue weighted by Crippen LogP contribution is 2.15. The van der Waals surface area contributed by atoms with Gasteiger partial charge < -0.3 is 4.74 Å². The van der Waals surface area contributed by atoms with Gasteiger partial charge >= 0.3 is 5.97 Å². The minimum absolute atomic E-state index is 0.349. The van der Waals surface area contributed by atoms with Crippen molar-refractivity contribution >= 4 is 17.7 Å². The summed E-state index contributed by atoms with van der Waals surface area (Å²) in [6, 6.07) is 6.90. The Morgan fingerprint density at radius 1 is 1.62 bits per heavy atom. The summed E-state index contributed by atoms with van der Waals surface area (Å²) >= 11 is 0. The summed E-state index contributed by atoms with van der Waals surface area (Å²) in [5.41, 5.74) is 9.55. The molecule has 82 valence electrons. The number of nitrogens with zero attached hydrogens (tertiary/aromatic N) is 3. The number of rotatable bonds is 4. The number of azide groups is 1. The van der Waals surface area contributed by atoms with Crippen molar-refractivity contribution in [1.82, 2.24) is 0 Å². The van der Waals surface area contributed by atoms with Gasteiger partial charge in [0.25, 0.3) is 0 Å². The molecule has 1 aromatic carbocycles. The van der Waals surface area contributed by atoms with Crippen molar-refractivity contribution in [2.24, 2.45) is 5.11 Å². The molecule has 0 atom stereocenters. The van der Waals surface area contributed by atoms with Gasteiger partial charge in [0, 0.05) is 16.7 Å². The molecule has 5 heteroatoms. The summed E-state index contributed by atoms with van der Waals surface area (Å²) < 4.78 is 4.73. The maximum atomic E-state index is 11.0. The summed E-state index contributed by atoms with van der Waals surface area (Å²) in [6.45, 7) is 2.09. The van der Waals surface area contributed by atoms with E-state index in [0.717, 1.165) is 5.56 Å². The quantitative estimate of drug-likeness (QED) is 0.255. The van der Waals surface area contributed by atoms with Gasteiger partial charge in [0.2, 0.25) is 0 Å². The third-order valence-corrected chi connectivity index (χ3v) is 1.73. The third kappa shape index (κ3) is 3.86. The maximum Gasteiger partial charge on any atom is 0.330 e. The fraction of sp³-hybridized carbons (Fsp3) is 0.182. The van der Waals surface area contributed by atoms with Gasteiger partial charge in [0.1, 0.15) is 0 Å². The smallest absolute Gasteiger partial charge is 0.330 e. The standard InChI is InChI=1S/C11H11N3O2/c1-2-16-11(15)7-6-9-4-3-5-10(8-9)13-14-12/h3-8H,2H2,1H3/b7-6+. The molecule has 0 aliphatic carbocycles. The highest BCUT2D eigenvalue weighted by Gasteiger charge is 1.94. The first-order valence-corrected chi connectivity index (χ1v) is 4.76. The topological polar surface area (TPSA) is 75.1 Å². The van der Waals surface area contributed by atoms with E-state index in [4.69, 9.17) is 10.3 Å². The Kier molecular flexibility index (Phi) is 4.63. The van der Waals surface area contributed by atoms with E-state index in [1.807, 2.05) is 0 Å². The number of benzene rings is 1. The average molecular weight is 217 g/mol. The summed E-state index contributed by atoms with van der Waals surface area (Å²) in [4.78, 5) is 13.7. The number of ether oxygens (including phenoxy) is 1. The number of esters is 1. The fourth-order valence-electron chi connectivity index (χ4n) is 1.10. The number of hydrogen-bond acceptors (Lipinski definition) is 3. The number of hydrogen-bond donors (Lipinski definition) is 0. The van der Waals surface area contributed by atoms with Crippen LogP contribution in [0.15, 0.2) is 35.5 Å². The first kappa shape index (κ1) is 11.8. The Labute approximate surface area is 93.0 Å². The molecule has 5 nitrogen and oxygen atoms in total. The van der Waals surface area contributed by atoms with Gasteiger partial charge in [-0.25, -0.2) is 4.79 Å². The van der Waals surface area contributed by atoms with Crippen molar-refractivity contribution in [1.29, 1.82) is 0 Å². The molecule has 0 aromatic heterocycles. The normalized spacial score (nSPS) is 9.81. The van der Waals surface area contributed by atoms with Crippen molar-refractivity contribution < 1.29 is 9.53 Å². The van der Waals surface area contributed by atoms with Crippen LogP contribution in [-0.2, 0) is 9.53 Å². The number of carbonyl (C=O) groups excluding carboxylic acids is 1.